The van der Waals surface area contributed by atoms with Crippen LogP contribution in [-0.4, -0.2) is 56.7 Å². The van der Waals surface area contributed by atoms with Crippen molar-refractivity contribution in [1.29, 1.82) is 0 Å². The van der Waals surface area contributed by atoms with Gasteiger partial charge in [0.05, 0.1) is 17.9 Å². The van der Waals surface area contributed by atoms with E-state index in [1.54, 1.807) is 6.07 Å². The van der Waals surface area contributed by atoms with Crippen LogP contribution in [0.3, 0.4) is 0 Å². The fourth-order valence-electron chi connectivity index (χ4n) is 7.14. The van der Waals surface area contributed by atoms with Crippen LogP contribution in [0.1, 0.15) is 49.8 Å². The fraction of sp³-hybridized carbons (Fsp3) is 0.517. The summed E-state index contributed by atoms with van der Waals surface area (Å²) in [5.41, 5.74) is 1.75. The number of benzene rings is 2. The molecule has 6 rings (SSSR count). The molecule has 2 aromatic rings. The monoisotopic (exact) mass is 508 g/mol. The van der Waals surface area contributed by atoms with Gasteiger partial charge in [-0.2, -0.15) is 0 Å². The third kappa shape index (κ3) is 4.06. The van der Waals surface area contributed by atoms with E-state index in [1.165, 1.54) is 22.6 Å². The number of nitrogens with zero attached hydrogens (tertiary/aromatic N) is 2. The summed E-state index contributed by atoms with van der Waals surface area (Å²) in [6.07, 6.45) is 1.54. The fourth-order valence-corrected chi connectivity index (χ4v) is 7.14. The first-order valence-corrected chi connectivity index (χ1v) is 13.3. The number of aromatic hydroxyl groups is 1. The topological polar surface area (TPSA) is 90.3 Å². The second-order valence-corrected chi connectivity index (χ2v) is 11.2. The van der Waals surface area contributed by atoms with Crippen molar-refractivity contribution in [2.24, 2.45) is 23.7 Å². The zero-order chi connectivity index (χ0) is 25.9. The van der Waals surface area contributed by atoms with Gasteiger partial charge in [0.15, 0.2) is 17.4 Å². The highest BCUT2D eigenvalue weighted by molar-refractivity contribution is 6.05. The Kier molecular flexibility index (Phi) is 6.09. The second-order valence-electron chi connectivity index (χ2n) is 11.2. The normalized spacial score (nSPS) is 34.6. The Labute approximate surface area is 215 Å². The van der Waals surface area contributed by atoms with Crippen molar-refractivity contribution >= 4 is 11.8 Å². The summed E-state index contributed by atoms with van der Waals surface area (Å²) in [4.78, 5) is 31.2. The third-order valence-corrected chi connectivity index (χ3v) is 9.10. The molecule has 37 heavy (non-hydrogen) atoms. The number of amides is 2. The molecule has 3 saturated heterocycles. The highest BCUT2D eigenvalue weighted by atomic mass is 19.1. The number of carbonyl (C=O) groups excluding carboxylic acids is 2. The number of hydrogen-bond acceptors (Lipinski definition) is 6. The first-order chi connectivity index (χ1) is 17.8. The van der Waals surface area contributed by atoms with Crippen LogP contribution < -0.4 is 0 Å². The van der Waals surface area contributed by atoms with Gasteiger partial charge in [-0.05, 0) is 48.9 Å². The summed E-state index contributed by atoms with van der Waals surface area (Å²) in [7, 11) is 0. The van der Waals surface area contributed by atoms with E-state index in [4.69, 9.17) is 4.74 Å². The van der Waals surface area contributed by atoms with Gasteiger partial charge in [0.25, 0.3) is 0 Å². The number of fused-ring (bicyclic) bond motifs is 3. The van der Waals surface area contributed by atoms with Crippen molar-refractivity contribution in [2.75, 3.05) is 13.1 Å². The molecular formula is C29H33FN2O5. The first-order valence-electron chi connectivity index (χ1n) is 13.3. The molecule has 0 aromatic heterocycles. The zero-order valence-corrected chi connectivity index (χ0v) is 20.9. The summed E-state index contributed by atoms with van der Waals surface area (Å²) in [6, 6.07) is 14.2. The number of phenolic OH excluding ortho intramolecular Hbond substituents is 1. The SMILES string of the molecule is C[C@H]1C[C@@H]2C(=O)N(C3CCN(Cc4ccccc4)CC3)C(=O)[C@@H]2[C@@H]2C[C@@H](c3ccc(O)c(F)c3)O[C@]12O. The maximum absolute atomic E-state index is 14.0. The summed E-state index contributed by atoms with van der Waals surface area (Å²) in [6.45, 7) is 4.33. The van der Waals surface area contributed by atoms with E-state index in [9.17, 15) is 24.2 Å². The maximum atomic E-state index is 14.0. The number of halogens is 1. The number of carbonyl (C=O) groups is 2. The van der Waals surface area contributed by atoms with Gasteiger partial charge in [-0.25, -0.2) is 4.39 Å². The highest BCUT2D eigenvalue weighted by Crippen LogP contribution is 2.58. The molecule has 0 radical (unpaired) electrons. The lowest BCUT2D eigenvalue weighted by atomic mass is 9.65. The van der Waals surface area contributed by atoms with Crippen LogP contribution >= 0.6 is 0 Å². The molecule has 8 heteroatoms. The summed E-state index contributed by atoms with van der Waals surface area (Å²) in [5, 5.41) is 21.2. The van der Waals surface area contributed by atoms with Crippen LogP contribution in [0.25, 0.3) is 0 Å². The standard InChI is InChI=1S/C29H33FN2O5/c1-17-13-21-26(22-15-25(37-29(17,22)36)19-7-8-24(33)23(30)14-19)28(35)32(27(21)34)20-9-11-31(12-10-20)16-18-5-3-2-4-6-18/h2-8,14,17,20-22,25-26,33,36H,9-13,15-16H2,1H3/t17-,21-,22-,25-,26-,29+/m0/s1. The zero-order valence-electron chi connectivity index (χ0n) is 20.9. The van der Waals surface area contributed by atoms with E-state index in [-0.39, 0.29) is 23.8 Å². The molecule has 3 heterocycles. The Morgan fingerprint density at radius 1 is 1.05 bits per heavy atom. The average molecular weight is 509 g/mol. The Morgan fingerprint density at radius 2 is 1.78 bits per heavy atom. The third-order valence-electron chi connectivity index (χ3n) is 9.10. The lowest BCUT2D eigenvalue weighted by molar-refractivity contribution is -0.265. The Morgan fingerprint density at radius 3 is 2.49 bits per heavy atom. The molecule has 196 valence electrons. The number of aliphatic hydroxyl groups is 1. The minimum absolute atomic E-state index is 0.121. The molecule has 2 amide bonds. The molecule has 2 aromatic carbocycles. The largest absolute Gasteiger partial charge is 0.505 e. The predicted molar refractivity (Wildman–Crippen MR) is 132 cm³/mol. The van der Waals surface area contributed by atoms with Crippen molar-refractivity contribution in [3.63, 3.8) is 0 Å². The van der Waals surface area contributed by atoms with E-state index in [1.807, 2.05) is 25.1 Å². The molecular weight excluding hydrogens is 475 g/mol. The molecule has 3 aliphatic heterocycles. The van der Waals surface area contributed by atoms with Gasteiger partial charge >= 0.3 is 0 Å². The van der Waals surface area contributed by atoms with Crippen LogP contribution in [0.5, 0.6) is 5.75 Å². The van der Waals surface area contributed by atoms with E-state index < -0.39 is 41.2 Å². The molecule has 1 aliphatic carbocycles. The van der Waals surface area contributed by atoms with Crippen molar-refractivity contribution in [2.45, 2.75) is 57.1 Å². The van der Waals surface area contributed by atoms with Crippen molar-refractivity contribution in [3.05, 3.63) is 65.5 Å². The number of ether oxygens (including phenoxy) is 1. The van der Waals surface area contributed by atoms with Gasteiger partial charge in [0.2, 0.25) is 11.8 Å². The van der Waals surface area contributed by atoms with Crippen molar-refractivity contribution < 1.29 is 28.9 Å². The second kappa shape index (κ2) is 9.19. The predicted octanol–water partition coefficient (Wildman–Crippen LogP) is 3.60. The molecule has 0 unspecified atom stereocenters. The molecule has 0 bridgehead atoms. The maximum Gasteiger partial charge on any atom is 0.233 e. The first kappa shape index (κ1) is 24.5. The lowest BCUT2D eigenvalue weighted by Crippen LogP contribution is -2.52. The van der Waals surface area contributed by atoms with Crippen LogP contribution in [0.15, 0.2) is 48.5 Å². The minimum Gasteiger partial charge on any atom is -0.505 e. The van der Waals surface area contributed by atoms with E-state index in [0.29, 0.717) is 18.4 Å². The van der Waals surface area contributed by atoms with Crippen LogP contribution in [-0.2, 0) is 20.9 Å². The molecule has 4 fully saturated rings. The molecule has 4 aliphatic rings. The van der Waals surface area contributed by atoms with Gasteiger partial charge < -0.3 is 14.9 Å². The van der Waals surface area contributed by atoms with Gasteiger partial charge in [0.1, 0.15) is 0 Å². The summed E-state index contributed by atoms with van der Waals surface area (Å²) in [5.74, 6) is -5.10. The summed E-state index contributed by atoms with van der Waals surface area (Å²) < 4.78 is 20.1. The van der Waals surface area contributed by atoms with Gasteiger partial charge in [-0.1, -0.05) is 43.3 Å². The Hall–Kier alpha value is -2.81. The molecule has 7 nitrogen and oxygen atoms in total. The van der Waals surface area contributed by atoms with Gasteiger partial charge in [0, 0.05) is 37.5 Å². The highest BCUT2D eigenvalue weighted by Gasteiger charge is 2.66. The van der Waals surface area contributed by atoms with Gasteiger partial charge in [-0.15, -0.1) is 0 Å². The number of imide groups is 1. The molecule has 1 saturated carbocycles. The number of hydrogen-bond donors (Lipinski definition) is 2. The van der Waals surface area contributed by atoms with Gasteiger partial charge in [-0.3, -0.25) is 19.4 Å². The number of piperidine rings is 1. The van der Waals surface area contributed by atoms with Crippen LogP contribution in [0.4, 0.5) is 4.39 Å². The van der Waals surface area contributed by atoms with E-state index in [0.717, 1.165) is 32.5 Å². The molecule has 0 spiro atoms. The van der Waals surface area contributed by atoms with E-state index >= 15 is 0 Å². The van der Waals surface area contributed by atoms with Crippen molar-refractivity contribution in [3.8, 4) is 5.75 Å². The smallest absolute Gasteiger partial charge is 0.233 e. The molecule has 2 N–H and O–H groups in total. The van der Waals surface area contributed by atoms with Crippen molar-refractivity contribution in [1.82, 2.24) is 9.80 Å². The minimum atomic E-state index is -1.56. The average Bonchev–Trinajstić information content (AvgIpc) is 3.37. The molecule has 6 atom stereocenters. The number of phenols is 1. The van der Waals surface area contributed by atoms with Crippen LogP contribution in [0, 0.1) is 29.5 Å². The van der Waals surface area contributed by atoms with E-state index in [2.05, 4.69) is 17.0 Å². The lowest BCUT2D eigenvalue weighted by Gasteiger charge is -2.43. The summed E-state index contributed by atoms with van der Waals surface area (Å²) >= 11 is 0. The quantitative estimate of drug-likeness (QED) is 0.614. The van der Waals surface area contributed by atoms with Crippen LogP contribution in [0.2, 0.25) is 0 Å². The number of rotatable bonds is 4. The Balaban J connectivity index is 1.19. The Bertz CT molecular complexity index is 1200. The number of likely N-dealkylation sites (tertiary alicyclic amines) is 2.